The molecular formula is C28H25BrClF3N6O2. The van der Waals surface area contributed by atoms with Crippen molar-refractivity contribution < 1.29 is 18.0 Å². The molecule has 0 fully saturated rings. The molecule has 0 bridgehead atoms. The van der Waals surface area contributed by atoms with Gasteiger partial charge in [-0.15, -0.1) is 6.58 Å². The number of rotatable bonds is 5. The fourth-order valence-corrected chi connectivity index (χ4v) is 5.77. The number of nitrogens with zero attached hydrogens (tertiary/aromatic N) is 5. The van der Waals surface area contributed by atoms with Crippen LogP contribution in [0.25, 0.3) is 16.6 Å². The summed E-state index contributed by atoms with van der Waals surface area (Å²) in [5.41, 5.74) is 0.578. The lowest BCUT2D eigenvalue weighted by atomic mass is 9.98. The fraction of sp³-hybridized carbons (Fsp3) is 0.286. The van der Waals surface area contributed by atoms with Crippen molar-refractivity contribution in [3.63, 3.8) is 0 Å². The number of aryl methyl sites for hydroxylation is 1. The number of anilines is 1. The Balaban J connectivity index is 1.60. The predicted octanol–water partition coefficient (Wildman–Crippen LogP) is 6.13. The van der Waals surface area contributed by atoms with E-state index in [1.807, 2.05) is 6.92 Å². The zero-order chi connectivity index (χ0) is 29.8. The number of fused-ring (bicyclic) bond motifs is 2. The van der Waals surface area contributed by atoms with E-state index in [2.05, 4.69) is 32.9 Å². The zero-order valence-electron chi connectivity index (χ0n) is 22.3. The van der Waals surface area contributed by atoms with Gasteiger partial charge in [0.1, 0.15) is 0 Å². The average molecular weight is 650 g/mol. The molecule has 1 aliphatic rings. The number of hydrogen-bond donors (Lipinski definition) is 1. The minimum Gasteiger partial charge on any atom is -0.349 e. The van der Waals surface area contributed by atoms with Crippen LogP contribution in [0.2, 0.25) is 5.02 Å². The summed E-state index contributed by atoms with van der Waals surface area (Å²) in [7, 11) is 1.77. The third-order valence-electron chi connectivity index (χ3n) is 7.13. The Bertz CT molecular complexity index is 1770. The molecule has 2 atom stereocenters. The van der Waals surface area contributed by atoms with E-state index in [4.69, 9.17) is 16.6 Å². The lowest BCUT2D eigenvalue weighted by Gasteiger charge is -2.35. The van der Waals surface area contributed by atoms with Gasteiger partial charge in [0.25, 0.3) is 11.5 Å². The van der Waals surface area contributed by atoms with Gasteiger partial charge in [0, 0.05) is 40.1 Å². The van der Waals surface area contributed by atoms with Crippen LogP contribution in [0.1, 0.15) is 41.0 Å². The number of nitrogens with one attached hydrogen (secondary N) is 1. The normalized spacial score (nSPS) is 16.0. The first-order valence-corrected chi connectivity index (χ1v) is 13.8. The zero-order valence-corrected chi connectivity index (χ0v) is 24.6. The maximum Gasteiger partial charge on any atom is 0.417 e. The number of amides is 1. The van der Waals surface area contributed by atoms with Crippen LogP contribution in [0.4, 0.5) is 19.1 Å². The van der Waals surface area contributed by atoms with Gasteiger partial charge in [-0.25, -0.2) is 9.55 Å². The van der Waals surface area contributed by atoms with Crippen molar-refractivity contribution in [3.8, 4) is 5.69 Å². The molecule has 0 saturated carbocycles. The Labute approximate surface area is 246 Å². The summed E-state index contributed by atoms with van der Waals surface area (Å²) in [6, 6.07) is 6.08. The molecule has 3 heterocycles. The molecule has 0 radical (unpaired) electrons. The van der Waals surface area contributed by atoms with Gasteiger partial charge in [-0.2, -0.15) is 18.3 Å². The van der Waals surface area contributed by atoms with E-state index in [0.29, 0.717) is 27.5 Å². The number of carbonyl (C=O) groups is 1. The minimum absolute atomic E-state index is 0.0532. The predicted molar refractivity (Wildman–Crippen MR) is 155 cm³/mol. The van der Waals surface area contributed by atoms with Crippen LogP contribution in [0, 0.1) is 0 Å². The van der Waals surface area contributed by atoms with E-state index < -0.39 is 23.7 Å². The number of benzene rings is 2. The summed E-state index contributed by atoms with van der Waals surface area (Å²) in [6.07, 6.45) is -1.17. The second kappa shape index (κ2) is 10.6. The van der Waals surface area contributed by atoms with Crippen LogP contribution in [0.3, 0.4) is 0 Å². The second-order valence-corrected chi connectivity index (χ2v) is 11.2. The maximum atomic E-state index is 14.0. The minimum atomic E-state index is -4.63. The molecule has 8 nitrogen and oxygen atoms in total. The Hall–Kier alpha value is -3.64. The summed E-state index contributed by atoms with van der Waals surface area (Å²) < 4.78 is 43.4. The first-order chi connectivity index (χ1) is 19.3. The van der Waals surface area contributed by atoms with E-state index >= 15 is 0 Å². The van der Waals surface area contributed by atoms with Crippen LogP contribution >= 0.6 is 27.5 Å². The highest BCUT2D eigenvalue weighted by Crippen LogP contribution is 2.36. The Morgan fingerprint density at radius 1 is 1.29 bits per heavy atom. The van der Waals surface area contributed by atoms with Gasteiger partial charge in [-0.1, -0.05) is 33.6 Å². The van der Waals surface area contributed by atoms with E-state index in [9.17, 15) is 22.8 Å². The third kappa shape index (κ3) is 5.26. The number of alkyl halides is 3. The van der Waals surface area contributed by atoms with Crippen LogP contribution in [-0.2, 0) is 26.2 Å². The van der Waals surface area contributed by atoms with Gasteiger partial charge in [-0.3, -0.25) is 14.3 Å². The first kappa shape index (κ1) is 28.9. The number of hydrogen-bond acceptors (Lipinski definition) is 5. The van der Waals surface area contributed by atoms with E-state index in [1.165, 1.54) is 21.6 Å². The molecule has 2 aromatic heterocycles. The molecule has 1 aliphatic heterocycles. The molecule has 1 N–H and O–H groups in total. The van der Waals surface area contributed by atoms with E-state index in [1.54, 1.807) is 43.1 Å². The van der Waals surface area contributed by atoms with Crippen LogP contribution in [0.15, 0.2) is 58.5 Å². The van der Waals surface area contributed by atoms with Crippen LogP contribution in [-0.4, -0.2) is 42.2 Å². The van der Waals surface area contributed by atoms with Gasteiger partial charge >= 0.3 is 6.18 Å². The molecule has 2 aromatic carbocycles. The SMILES string of the molecule is C=C[C@H](C)Nc1nc2c(c(=O)n1-c1cc(Cl)c3c(cnn3C)c1)C[C@@H](C)N(C(=O)c1ccc(Br)c(C(F)(F)F)c1)C2. The molecule has 0 aliphatic carbocycles. The molecule has 5 rings (SSSR count). The average Bonchev–Trinajstić information content (AvgIpc) is 3.29. The lowest BCUT2D eigenvalue weighted by molar-refractivity contribution is -0.138. The van der Waals surface area contributed by atoms with Gasteiger partial charge in [-0.05, 0) is 50.6 Å². The largest absolute Gasteiger partial charge is 0.417 e. The number of halogens is 5. The fourth-order valence-electron chi connectivity index (χ4n) is 4.95. The smallest absolute Gasteiger partial charge is 0.349 e. The summed E-state index contributed by atoms with van der Waals surface area (Å²) in [4.78, 5) is 33.6. The molecule has 0 spiro atoms. The van der Waals surface area contributed by atoms with Crippen molar-refractivity contribution in [2.75, 3.05) is 5.32 Å². The van der Waals surface area contributed by atoms with E-state index in [0.717, 1.165) is 11.5 Å². The highest BCUT2D eigenvalue weighted by Gasteiger charge is 2.36. The van der Waals surface area contributed by atoms with Crippen LogP contribution < -0.4 is 10.9 Å². The van der Waals surface area contributed by atoms with Crippen molar-refractivity contribution in [3.05, 3.63) is 91.4 Å². The summed E-state index contributed by atoms with van der Waals surface area (Å²) in [5.74, 6) is -0.375. The molecular weight excluding hydrogens is 625 g/mol. The number of carbonyl (C=O) groups excluding carboxylic acids is 1. The molecule has 0 unspecified atom stereocenters. The first-order valence-electron chi connectivity index (χ1n) is 12.6. The van der Waals surface area contributed by atoms with E-state index in [-0.39, 0.29) is 40.6 Å². The Kier molecular flexibility index (Phi) is 7.49. The van der Waals surface area contributed by atoms with Gasteiger partial charge in [0.15, 0.2) is 0 Å². The summed E-state index contributed by atoms with van der Waals surface area (Å²) in [5, 5.41) is 8.57. The van der Waals surface area contributed by atoms with Crippen molar-refractivity contribution in [1.82, 2.24) is 24.2 Å². The van der Waals surface area contributed by atoms with Crippen molar-refractivity contribution >= 4 is 50.3 Å². The molecule has 214 valence electrons. The second-order valence-electron chi connectivity index (χ2n) is 9.98. The molecule has 4 aromatic rings. The summed E-state index contributed by atoms with van der Waals surface area (Å²) in [6.45, 7) is 7.32. The quantitative estimate of drug-likeness (QED) is 0.263. The monoisotopic (exact) mass is 648 g/mol. The van der Waals surface area contributed by atoms with Crippen molar-refractivity contribution in [2.45, 2.75) is 45.1 Å². The van der Waals surface area contributed by atoms with Crippen LogP contribution in [0.5, 0.6) is 0 Å². The van der Waals surface area contributed by atoms with Gasteiger partial charge in [0.2, 0.25) is 5.95 Å². The standard InChI is InChI=1S/C28H25BrClF3N6O2/c1-5-14(2)35-27-36-23-13-38(25(40)16-6-7-21(29)20(10-16)28(31,32)33)15(3)8-19(23)26(41)39(27)18-9-17-12-34-37(4)24(17)22(30)11-18/h5-7,9-12,14-15H,1,8,13H2,2-4H3,(H,35,36)/t14-,15+/m0/s1. The maximum absolute atomic E-state index is 14.0. The lowest BCUT2D eigenvalue weighted by Crippen LogP contribution is -2.46. The number of aromatic nitrogens is 4. The Morgan fingerprint density at radius 3 is 2.71 bits per heavy atom. The van der Waals surface area contributed by atoms with Crippen molar-refractivity contribution in [1.29, 1.82) is 0 Å². The topological polar surface area (TPSA) is 85.1 Å². The molecule has 41 heavy (non-hydrogen) atoms. The van der Waals surface area contributed by atoms with Gasteiger partial charge in [0.05, 0.1) is 40.2 Å². The molecule has 0 saturated heterocycles. The highest BCUT2D eigenvalue weighted by molar-refractivity contribution is 9.10. The molecule has 1 amide bonds. The summed E-state index contributed by atoms with van der Waals surface area (Å²) >= 11 is 9.49. The highest BCUT2D eigenvalue weighted by atomic mass is 79.9. The molecule has 13 heteroatoms. The Morgan fingerprint density at radius 2 is 2.02 bits per heavy atom. The van der Waals surface area contributed by atoms with Crippen molar-refractivity contribution in [2.24, 2.45) is 7.05 Å². The third-order valence-corrected chi connectivity index (χ3v) is 8.11. The van der Waals surface area contributed by atoms with Gasteiger partial charge < -0.3 is 10.2 Å².